The molecule has 2 N–H and O–H groups in total. The van der Waals surface area contributed by atoms with Crippen LogP contribution in [0.5, 0.6) is 0 Å². The molecule has 2 unspecified atom stereocenters. The van der Waals surface area contributed by atoms with Crippen LogP contribution < -0.4 is 5.32 Å². The van der Waals surface area contributed by atoms with Crippen molar-refractivity contribution in [3.63, 3.8) is 0 Å². The largest absolute Gasteiger partial charge is 0.393 e. The Morgan fingerprint density at radius 3 is 2.35 bits per heavy atom. The normalized spacial score (nSPS) is 13.8. The molecule has 0 saturated heterocycles. The van der Waals surface area contributed by atoms with Gasteiger partial charge in [0, 0.05) is 13.0 Å². The fourth-order valence-electron chi connectivity index (χ4n) is 2.24. The monoisotopic (exact) mass is 277 g/mol. The highest BCUT2D eigenvalue weighted by Gasteiger charge is 2.08. The van der Waals surface area contributed by atoms with Crippen molar-refractivity contribution >= 4 is 5.91 Å². The lowest BCUT2D eigenvalue weighted by Crippen LogP contribution is -2.29. The predicted octanol–water partition coefficient (Wildman–Crippen LogP) is 2.70. The van der Waals surface area contributed by atoms with E-state index in [1.54, 1.807) is 6.92 Å². The summed E-state index contributed by atoms with van der Waals surface area (Å²) in [7, 11) is 0. The second-order valence-electron chi connectivity index (χ2n) is 5.66. The Morgan fingerprint density at radius 2 is 1.80 bits per heavy atom. The van der Waals surface area contributed by atoms with E-state index < -0.39 is 0 Å². The number of benzene rings is 1. The second-order valence-corrected chi connectivity index (χ2v) is 5.66. The van der Waals surface area contributed by atoms with E-state index in [-0.39, 0.29) is 12.0 Å². The smallest absolute Gasteiger partial charge is 0.220 e. The molecule has 0 saturated carbocycles. The van der Waals surface area contributed by atoms with Gasteiger partial charge in [-0.1, -0.05) is 38.1 Å². The molecule has 0 spiro atoms. The average Bonchev–Trinajstić information content (AvgIpc) is 2.42. The highest BCUT2D eigenvalue weighted by Crippen LogP contribution is 2.08. The number of carbonyl (C=O) groups excluding carboxylic acids is 1. The number of amides is 1. The zero-order valence-electron chi connectivity index (χ0n) is 12.9. The fraction of sp³-hybridized carbons (Fsp3) is 0.588. The van der Waals surface area contributed by atoms with Crippen LogP contribution in [-0.2, 0) is 17.6 Å². The summed E-state index contributed by atoms with van der Waals surface area (Å²) >= 11 is 0. The number of hydrogen-bond acceptors (Lipinski definition) is 2. The van der Waals surface area contributed by atoms with Gasteiger partial charge in [0.25, 0.3) is 0 Å². The van der Waals surface area contributed by atoms with Crippen LogP contribution in [0.25, 0.3) is 0 Å². The van der Waals surface area contributed by atoms with Gasteiger partial charge in [-0.25, -0.2) is 0 Å². The van der Waals surface area contributed by atoms with E-state index in [1.165, 1.54) is 11.1 Å². The van der Waals surface area contributed by atoms with Gasteiger partial charge in [0.05, 0.1) is 6.10 Å². The number of hydrogen-bond donors (Lipinski definition) is 2. The maximum absolute atomic E-state index is 11.8. The van der Waals surface area contributed by atoms with Gasteiger partial charge in [-0.05, 0) is 43.2 Å². The SMILES string of the molecule is CCc1ccc(CCC(=O)NCC(C)CC(C)O)cc1. The lowest BCUT2D eigenvalue weighted by atomic mass is 10.0. The Hall–Kier alpha value is -1.35. The summed E-state index contributed by atoms with van der Waals surface area (Å²) in [6.45, 7) is 6.59. The lowest BCUT2D eigenvalue weighted by molar-refractivity contribution is -0.121. The van der Waals surface area contributed by atoms with E-state index in [1.807, 2.05) is 6.92 Å². The van der Waals surface area contributed by atoms with E-state index >= 15 is 0 Å². The zero-order chi connectivity index (χ0) is 15.0. The molecule has 3 nitrogen and oxygen atoms in total. The van der Waals surface area contributed by atoms with Crippen LogP contribution in [0.4, 0.5) is 0 Å². The fourth-order valence-corrected chi connectivity index (χ4v) is 2.24. The molecule has 0 fully saturated rings. The molecule has 3 heteroatoms. The van der Waals surface area contributed by atoms with Crippen LogP contribution in [0.1, 0.15) is 44.7 Å². The summed E-state index contributed by atoms with van der Waals surface area (Å²) in [5.74, 6) is 0.393. The van der Waals surface area contributed by atoms with Crippen molar-refractivity contribution in [3.8, 4) is 0 Å². The third kappa shape index (κ3) is 6.71. The summed E-state index contributed by atoms with van der Waals surface area (Å²) in [5.41, 5.74) is 2.53. The Balaban J connectivity index is 2.25. The van der Waals surface area contributed by atoms with Gasteiger partial charge in [-0.3, -0.25) is 4.79 Å². The molecule has 0 aliphatic heterocycles. The van der Waals surface area contributed by atoms with Crippen LogP contribution in [-0.4, -0.2) is 23.7 Å². The summed E-state index contributed by atoms with van der Waals surface area (Å²) in [4.78, 5) is 11.8. The van der Waals surface area contributed by atoms with Crippen LogP contribution in [0.15, 0.2) is 24.3 Å². The first-order valence-electron chi connectivity index (χ1n) is 7.53. The summed E-state index contributed by atoms with van der Waals surface area (Å²) < 4.78 is 0. The number of nitrogens with one attached hydrogen (secondary N) is 1. The van der Waals surface area contributed by atoms with E-state index in [4.69, 9.17) is 0 Å². The Morgan fingerprint density at radius 1 is 1.20 bits per heavy atom. The minimum atomic E-state index is -0.306. The van der Waals surface area contributed by atoms with Crippen LogP contribution in [0.2, 0.25) is 0 Å². The molecule has 0 aromatic heterocycles. The van der Waals surface area contributed by atoms with Crippen LogP contribution in [0, 0.1) is 5.92 Å². The molecule has 0 heterocycles. The molecule has 0 aliphatic carbocycles. The van der Waals surface area contributed by atoms with Crippen molar-refractivity contribution in [1.29, 1.82) is 0 Å². The first kappa shape index (κ1) is 16.7. The van der Waals surface area contributed by atoms with Crippen LogP contribution in [0.3, 0.4) is 0 Å². The average molecular weight is 277 g/mol. The third-order valence-electron chi connectivity index (χ3n) is 3.46. The molecule has 2 atom stereocenters. The van der Waals surface area contributed by atoms with Gasteiger partial charge in [-0.15, -0.1) is 0 Å². The third-order valence-corrected chi connectivity index (χ3v) is 3.46. The molecule has 0 radical (unpaired) electrons. The van der Waals surface area contributed by atoms with Gasteiger partial charge >= 0.3 is 0 Å². The van der Waals surface area contributed by atoms with E-state index in [0.29, 0.717) is 18.9 Å². The standard InChI is InChI=1S/C17H27NO2/c1-4-15-5-7-16(8-6-15)9-10-17(20)18-12-13(2)11-14(3)19/h5-8,13-14,19H,4,9-12H2,1-3H3,(H,18,20). The van der Waals surface area contributed by atoms with Gasteiger partial charge in [0.15, 0.2) is 0 Å². The van der Waals surface area contributed by atoms with Gasteiger partial charge in [0.1, 0.15) is 0 Å². The Labute approximate surface area is 122 Å². The molecule has 1 rings (SSSR count). The van der Waals surface area contributed by atoms with Gasteiger partial charge in [0.2, 0.25) is 5.91 Å². The van der Waals surface area contributed by atoms with Crippen molar-refractivity contribution in [2.24, 2.45) is 5.92 Å². The minimum Gasteiger partial charge on any atom is -0.393 e. The zero-order valence-corrected chi connectivity index (χ0v) is 12.9. The Bertz CT molecular complexity index is 398. The maximum Gasteiger partial charge on any atom is 0.220 e. The molecule has 1 aromatic rings. The van der Waals surface area contributed by atoms with Crippen molar-refractivity contribution in [2.75, 3.05) is 6.54 Å². The number of carbonyl (C=O) groups is 1. The van der Waals surface area contributed by atoms with E-state index in [0.717, 1.165) is 19.3 Å². The first-order chi connectivity index (χ1) is 9.51. The number of aliphatic hydroxyl groups is 1. The highest BCUT2D eigenvalue weighted by atomic mass is 16.3. The van der Waals surface area contributed by atoms with Crippen molar-refractivity contribution < 1.29 is 9.90 Å². The lowest BCUT2D eigenvalue weighted by Gasteiger charge is -2.14. The van der Waals surface area contributed by atoms with E-state index in [9.17, 15) is 9.90 Å². The molecular formula is C17H27NO2. The Kier molecular flexibility index (Phi) is 7.31. The second kappa shape index (κ2) is 8.75. The summed E-state index contributed by atoms with van der Waals surface area (Å²) in [6.07, 6.45) is 2.76. The summed E-state index contributed by atoms with van der Waals surface area (Å²) in [6, 6.07) is 8.44. The van der Waals surface area contributed by atoms with Gasteiger partial charge in [-0.2, -0.15) is 0 Å². The van der Waals surface area contributed by atoms with Gasteiger partial charge < -0.3 is 10.4 Å². The number of aliphatic hydroxyl groups excluding tert-OH is 1. The molecule has 1 aromatic carbocycles. The molecular weight excluding hydrogens is 250 g/mol. The molecule has 0 bridgehead atoms. The molecule has 112 valence electrons. The molecule has 1 amide bonds. The quantitative estimate of drug-likeness (QED) is 0.767. The number of aryl methyl sites for hydroxylation is 2. The van der Waals surface area contributed by atoms with Crippen molar-refractivity contribution in [1.82, 2.24) is 5.32 Å². The van der Waals surface area contributed by atoms with Crippen molar-refractivity contribution in [2.45, 2.75) is 52.6 Å². The van der Waals surface area contributed by atoms with Crippen molar-refractivity contribution in [3.05, 3.63) is 35.4 Å². The topological polar surface area (TPSA) is 49.3 Å². The predicted molar refractivity (Wildman–Crippen MR) is 82.6 cm³/mol. The van der Waals surface area contributed by atoms with E-state index in [2.05, 4.69) is 36.5 Å². The number of rotatable bonds is 8. The summed E-state index contributed by atoms with van der Waals surface area (Å²) in [5, 5.41) is 12.2. The first-order valence-corrected chi connectivity index (χ1v) is 7.53. The highest BCUT2D eigenvalue weighted by molar-refractivity contribution is 5.76. The molecule has 20 heavy (non-hydrogen) atoms. The minimum absolute atomic E-state index is 0.0852. The molecule has 0 aliphatic rings. The van der Waals surface area contributed by atoms with Crippen LogP contribution >= 0.6 is 0 Å². The maximum atomic E-state index is 11.8.